The second kappa shape index (κ2) is 11.6. The fourth-order valence-electron chi connectivity index (χ4n) is 4.22. The lowest BCUT2D eigenvalue weighted by Gasteiger charge is -2.15. The number of nitrogens with zero attached hydrogens (tertiary/aromatic N) is 2. The van der Waals surface area contributed by atoms with Crippen LogP contribution in [0.5, 0.6) is 5.75 Å². The third-order valence-corrected chi connectivity index (χ3v) is 7.19. The number of hydrogen-bond donors (Lipinski definition) is 1. The van der Waals surface area contributed by atoms with Gasteiger partial charge in [0, 0.05) is 11.3 Å². The molecule has 0 bridgehead atoms. The van der Waals surface area contributed by atoms with Crippen molar-refractivity contribution < 1.29 is 9.53 Å². The van der Waals surface area contributed by atoms with E-state index in [0.29, 0.717) is 11.3 Å². The Labute approximate surface area is 238 Å². The maximum atomic E-state index is 12.8. The van der Waals surface area contributed by atoms with E-state index in [4.69, 9.17) is 4.74 Å². The van der Waals surface area contributed by atoms with Gasteiger partial charge in [0.15, 0.2) is 0 Å². The molecule has 1 heterocycles. The number of rotatable bonds is 7. The van der Waals surface area contributed by atoms with Crippen molar-refractivity contribution in [2.24, 2.45) is 5.10 Å². The third kappa shape index (κ3) is 5.49. The molecule has 0 aliphatic carbocycles. The minimum Gasteiger partial charge on any atom is -0.494 e. The molecule has 4 aromatic carbocycles. The molecule has 38 heavy (non-hydrogen) atoms. The molecular formula is C31H23Br2N3O2. The molecule has 5 nitrogen and oxygen atoms in total. The van der Waals surface area contributed by atoms with Gasteiger partial charge < -0.3 is 9.30 Å². The van der Waals surface area contributed by atoms with E-state index in [9.17, 15) is 4.79 Å². The van der Waals surface area contributed by atoms with E-state index in [2.05, 4.69) is 83.4 Å². The Morgan fingerprint density at radius 3 is 1.82 bits per heavy atom. The average molecular weight is 629 g/mol. The summed E-state index contributed by atoms with van der Waals surface area (Å²) in [6, 6.07) is 36.1. The molecule has 1 aromatic heterocycles. The van der Waals surface area contributed by atoms with Crippen molar-refractivity contribution in [1.29, 1.82) is 0 Å². The van der Waals surface area contributed by atoms with Crippen LogP contribution in [0, 0.1) is 0 Å². The van der Waals surface area contributed by atoms with Crippen LogP contribution in [0.3, 0.4) is 0 Å². The molecule has 188 valence electrons. The summed E-state index contributed by atoms with van der Waals surface area (Å²) in [5, 5.41) is 4.12. The van der Waals surface area contributed by atoms with Gasteiger partial charge in [-0.1, -0.05) is 60.7 Å². The summed E-state index contributed by atoms with van der Waals surface area (Å²) in [6.07, 6.45) is 1.58. The fraction of sp³-hybridized carbons (Fsp3) is 0.0323. The van der Waals surface area contributed by atoms with Crippen LogP contribution in [-0.2, 0) is 0 Å². The van der Waals surface area contributed by atoms with E-state index in [1.807, 2.05) is 72.8 Å². The SMILES string of the molecule is COc1c(Br)cc(/C=N\NC(=O)c2ccc(-n3c(-c4ccccc4)ccc3-c3ccccc3)cc2)cc1Br. The molecule has 0 saturated carbocycles. The van der Waals surface area contributed by atoms with Crippen molar-refractivity contribution in [3.63, 3.8) is 0 Å². The van der Waals surface area contributed by atoms with Crippen molar-refractivity contribution in [2.45, 2.75) is 0 Å². The first-order valence-corrected chi connectivity index (χ1v) is 13.4. The number of carbonyl (C=O) groups excluding carboxylic acids is 1. The summed E-state index contributed by atoms with van der Waals surface area (Å²) in [4.78, 5) is 12.8. The second-order valence-corrected chi connectivity index (χ2v) is 10.1. The largest absolute Gasteiger partial charge is 0.494 e. The predicted molar refractivity (Wildman–Crippen MR) is 160 cm³/mol. The molecule has 0 saturated heterocycles. The zero-order valence-electron chi connectivity index (χ0n) is 20.4. The Morgan fingerprint density at radius 1 is 0.789 bits per heavy atom. The van der Waals surface area contributed by atoms with Crippen LogP contribution in [0.4, 0.5) is 0 Å². The number of halogens is 2. The van der Waals surface area contributed by atoms with Crippen LogP contribution >= 0.6 is 31.9 Å². The van der Waals surface area contributed by atoms with Crippen molar-refractivity contribution in [2.75, 3.05) is 7.11 Å². The van der Waals surface area contributed by atoms with Gasteiger partial charge in [0.2, 0.25) is 0 Å². The van der Waals surface area contributed by atoms with E-state index in [1.165, 1.54) is 0 Å². The van der Waals surface area contributed by atoms with E-state index < -0.39 is 0 Å². The van der Waals surface area contributed by atoms with E-state index >= 15 is 0 Å². The number of methoxy groups -OCH3 is 1. The van der Waals surface area contributed by atoms with Crippen molar-refractivity contribution in [1.82, 2.24) is 9.99 Å². The standard InChI is InChI=1S/C31H23Br2N3O2/c1-38-30-26(32)18-21(19-27(30)33)20-34-35-31(37)24-12-14-25(15-13-24)36-28(22-8-4-2-5-9-22)16-17-29(36)23-10-6-3-7-11-23/h2-20H,1H3,(H,35,37)/b34-20-. The van der Waals surface area contributed by atoms with Crippen molar-refractivity contribution in [3.8, 4) is 34.0 Å². The van der Waals surface area contributed by atoms with Gasteiger partial charge in [-0.05, 0) is 97.1 Å². The molecule has 0 aliphatic heterocycles. The first kappa shape index (κ1) is 25.7. The molecular weight excluding hydrogens is 606 g/mol. The van der Waals surface area contributed by atoms with Crippen LogP contribution in [0.1, 0.15) is 15.9 Å². The van der Waals surface area contributed by atoms with Crippen LogP contribution in [0.25, 0.3) is 28.2 Å². The quantitative estimate of drug-likeness (QED) is 0.146. The Morgan fingerprint density at radius 2 is 1.32 bits per heavy atom. The second-order valence-electron chi connectivity index (χ2n) is 8.44. The first-order chi connectivity index (χ1) is 18.5. The molecule has 0 aliphatic rings. The number of carbonyl (C=O) groups is 1. The highest BCUT2D eigenvalue weighted by Gasteiger charge is 2.14. The summed E-state index contributed by atoms with van der Waals surface area (Å²) >= 11 is 6.95. The number of aromatic nitrogens is 1. The van der Waals surface area contributed by atoms with Crippen LogP contribution in [0.15, 0.2) is 123 Å². The first-order valence-electron chi connectivity index (χ1n) is 11.8. The number of ether oxygens (including phenoxy) is 1. The predicted octanol–water partition coefficient (Wildman–Crippen LogP) is 8.11. The monoisotopic (exact) mass is 627 g/mol. The summed E-state index contributed by atoms with van der Waals surface area (Å²) in [7, 11) is 1.60. The van der Waals surface area contributed by atoms with Crippen molar-refractivity contribution in [3.05, 3.63) is 129 Å². The Balaban J connectivity index is 1.40. The molecule has 0 atom stereocenters. The molecule has 0 spiro atoms. The minimum absolute atomic E-state index is 0.293. The van der Waals surface area contributed by atoms with Gasteiger partial charge >= 0.3 is 0 Å². The van der Waals surface area contributed by atoms with Gasteiger partial charge in [-0.15, -0.1) is 0 Å². The summed E-state index contributed by atoms with van der Waals surface area (Å²) in [5.74, 6) is 0.401. The van der Waals surface area contributed by atoms with Gasteiger partial charge in [-0.25, -0.2) is 5.43 Å². The summed E-state index contributed by atoms with van der Waals surface area (Å²) in [5.41, 5.74) is 9.25. The number of benzene rings is 4. The smallest absolute Gasteiger partial charge is 0.271 e. The van der Waals surface area contributed by atoms with Gasteiger partial charge in [0.25, 0.3) is 5.91 Å². The highest BCUT2D eigenvalue weighted by Crippen LogP contribution is 2.34. The summed E-state index contributed by atoms with van der Waals surface area (Å²) in [6.45, 7) is 0. The molecule has 1 amide bonds. The topological polar surface area (TPSA) is 55.6 Å². The van der Waals surface area contributed by atoms with Crippen LogP contribution in [-0.4, -0.2) is 23.8 Å². The zero-order chi connectivity index (χ0) is 26.5. The van der Waals surface area contributed by atoms with Gasteiger partial charge in [0.1, 0.15) is 5.75 Å². The van der Waals surface area contributed by atoms with Crippen molar-refractivity contribution >= 4 is 44.0 Å². The highest BCUT2D eigenvalue weighted by atomic mass is 79.9. The lowest BCUT2D eigenvalue weighted by molar-refractivity contribution is 0.0955. The lowest BCUT2D eigenvalue weighted by Crippen LogP contribution is -2.17. The molecule has 7 heteroatoms. The van der Waals surface area contributed by atoms with Crippen LogP contribution < -0.4 is 10.2 Å². The molecule has 5 aromatic rings. The number of amides is 1. The third-order valence-electron chi connectivity index (χ3n) is 6.01. The normalized spacial score (nSPS) is 11.0. The molecule has 5 rings (SSSR count). The van der Waals surface area contributed by atoms with E-state index in [0.717, 1.165) is 42.7 Å². The van der Waals surface area contributed by atoms with Gasteiger partial charge in [-0.3, -0.25) is 4.79 Å². The zero-order valence-corrected chi connectivity index (χ0v) is 23.6. The molecule has 0 radical (unpaired) electrons. The molecule has 0 fully saturated rings. The Hall–Kier alpha value is -3.94. The van der Waals surface area contributed by atoms with E-state index in [1.54, 1.807) is 13.3 Å². The van der Waals surface area contributed by atoms with E-state index in [-0.39, 0.29) is 5.91 Å². The minimum atomic E-state index is -0.293. The summed E-state index contributed by atoms with van der Waals surface area (Å²) < 4.78 is 9.10. The average Bonchev–Trinajstić information content (AvgIpc) is 3.39. The number of hydrogen-bond acceptors (Lipinski definition) is 3. The Kier molecular flexibility index (Phi) is 7.86. The van der Waals surface area contributed by atoms with Gasteiger partial charge in [-0.2, -0.15) is 5.10 Å². The lowest BCUT2D eigenvalue weighted by atomic mass is 10.1. The highest BCUT2D eigenvalue weighted by molar-refractivity contribution is 9.11. The van der Waals surface area contributed by atoms with Gasteiger partial charge in [0.05, 0.1) is 33.7 Å². The fourth-order valence-corrected chi connectivity index (χ4v) is 5.77. The molecule has 0 unspecified atom stereocenters. The number of nitrogens with one attached hydrogen (secondary N) is 1. The molecule has 1 N–H and O–H groups in total. The Bertz CT molecular complexity index is 1520. The maximum absolute atomic E-state index is 12.8. The number of hydrazone groups is 1. The maximum Gasteiger partial charge on any atom is 0.271 e. The van der Waals surface area contributed by atoms with Crippen LogP contribution in [0.2, 0.25) is 0 Å².